The first-order chi connectivity index (χ1) is 20.2. The van der Waals surface area contributed by atoms with Gasteiger partial charge in [0.25, 0.3) is 5.91 Å². The lowest BCUT2D eigenvalue weighted by molar-refractivity contribution is -0.143. The standard InChI is InChI=1S/C32H37N5O4S/c1-19(2)28(37-17-23-8-5-6-9-24(23)31(37)40)32(41)36-15-7-10-26(36)30(39)35-25(16-27(38)33-4)21-11-13-22(14-12-21)29-20(3)34-18-42-29/h5-6,8-9,11-14,18-19,25-26,28H,7,10,15-17H2,1-4H3,(H,33,38)(H,35,39)/t25-,26-,28?/m0/s1. The molecule has 1 fully saturated rings. The summed E-state index contributed by atoms with van der Waals surface area (Å²) in [6, 6.07) is 13.3. The quantitative estimate of drug-likeness (QED) is 0.392. The van der Waals surface area contributed by atoms with Crippen LogP contribution in [-0.2, 0) is 20.9 Å². The summed E-state index contributed by atoms with van der Waals surface area (Å²) in [5.41, 5.74) is 6.12. The van der Waals surface area contributed by atoms with E-state index in [1.807, 2.05) is 68.7 Å². The molecule has 2 N–H and O–H groups in total. The zero-order valence-corrected chi connectivity index (χ0v) is 25.2. The van der Waals surface area contributed by atoms with Gasteiger partial charge in [0.1, 0.15) is 12.1 Å². The summed E-state index contributed by atoms with van der Waals surface area (Å²) in [7, 11) is 1.57. The first-order valence-corrected chi connectivity index (χ1v) is 15.3. The summed E-state index contributed by atoms with van der Waals surface area (Å²) in [6.45, 7) is 6.64. The molecule has 10 heteroatoms. The molecule has 3 aromatic rings. The van der Waals surface area contributed by atoms with Crippen LogP contribution in [0.1, 0.15) is 66.3 Å². The van der Waals surface area contributed by atoms with Crippen LogP contribution in [-0.4, -0.2) is 64.1 Å². The van der Waals surface area contributed by atoms with Gasteiger partial charge in [-0.25, -0.2) is 4.98 Å². The summed E-state index contributed by atoms with van der Waals surface area (Å²) >= 11 is 1.56. The highest BCUT2D eigenvalue weighted by Gasteiger charge is 2.44. The Labute approximate surface area is 250 Å². The van der Waals surface area contributed by atoms with E-state index in [4.69, 9.17) is 0 Å². The van der Waals surface area contributed by atoms with Gasteiger partial charge in [-0.2, -0.15) is 0 Å². The van der Waals surface area contributed by atoms with Gasteiger partial charge < -0.3 is 20.4 Å². The SMILES string of the molecule is CNC(=O)C[C@H](NC(=O)[C@@H]1CCCN1C(=O)C(C(C)C)N1Cc2ccccc2C1=O)c1ccc(-c2scnc2C)cc1. The second kappa shape index (κ2) is 12.4. The second-order valence-electron chi connectivity index (χ2n) is 11.3. The number of rotatable bonds is 9. The maximum atomic E-state index is 14.0. The Morgan fingerprint density at radius 1 is 1.10 bits per heavy atom. The van der Waals surface area contributed by atoms with Crippen molar-refractivity contribution in [3.63, 3.8) is 0 Å². The molecule has 3 heterocycles. The molecular weight excluding hydrogens is 550 g/mol. The van der Waals surface area contributed by atoms with E-state index in [9.17, 15) is 19.2 Å². The number of thiazole rings is 1. The van der Waals surface area contributed by atoms with Crippen LogP contribution in [0.5, 0.6) is 0 Å². The Balaban J connectivity index is 1.34. The number of fused-ring (bicyclic) bond motifs is 1. The minimum absolute atomic E-state index is 0.0665. The van der Waals surface area contributed by atoms with E-state index >= 15 is 0 Å². The number of nitrogens with one attached hydrogen (secondary N) is 2. The third kappa shape index (κ3) is 5.81. The number of aryl methyl sites for hydroxylation is 1. The van der Waals surface area contributed by atoms with Crippen LogP contribution in [0.4, 0.5) is 0 Å². The first-order valence-electron chi connectivity index (χ1n) is 14.4. The number of carbonyl (C=O) groups excluding carboxylic acids is 4. The van der Waals surface area contributed by atoms with E-state index in [1.165, 1.54) is 0 Å². The van der Waals surface area contributed by atoms with Gasteiger partial charge in [-0.1, -0.05) is 56.3 Å². The van der Waals surface area contributed by atoms with Crippen LogP contribution < -0.4 is 10.6 Å². The van der Waals surface area contributed by atoms with Gasteiger partial charge in [-0.15, -0.1) is 11.3 Å². The average molecular weight is 588 g/mol. The highest BCUT2D eigenvalue weighted by atomic mass is 32.1. The molecule has 1 saturated heterocycles. The normalized spacial score (nSPS) is 17.7. The van der Waals surface area contributed by atoms with Gasteiger partial charge in [-0.05, 0) is 48.4 Å². The lowest BCUT2D eigenvalue weighted by Crippen LogP contribution is -2.55. The minimum Gasteiger partial charge on any atom is -0.359 e. The van der Waals surface area contributed by atoms with Crippen LogP contribution in [0.3, 0.4) is 0 Å². The van der Waals surface area contributed by atoms with Crippen molar-refractivity contribution in [2.24, 2.45) is 5.92 Å². The van der Waals surface area contributed by atoms with Crippen molar-refractivity contribution in [3.8, 4) is 10.4 Å². The lowest BCUT2D eigenvalue weighted by Gasteiger charge is -2.35. The fraction of sp³-hybridized carbons (Fsp3) is 0.406. The first kappa shape index (κ1) is 29.4. The zero-order valence-electron chi connectivity index (χ0n) is 24.4. The molecule has 2 aliphatic heterocycles. The maximum absolute atomic E-state index is 14.0. The van der Waals surface area contributed by atoms with Gasteiger partial charge in [0.2, 0.25) is 17.7 Å². The van der Waals surface area contributed by atoms with Crippen molar-refractivity contribution in [2.45, 2.75) is 64.7 Å². The Kier molecular flexibility index (Phi) is 8.72. The van der Waals surface area contributed by atoms with Crippen molar-refractivity contribution < 1.29 is 19.2 Å². The van der Waals surface area contributed by atoms with Gasteiger partial charge in [0, 0.05) is 25.7 Å². The lowest BCUT2D eigenvalue weighted by atomic mass is 9.99. The van der Waals surface area contributed by atoms with Crippen LogP contribution in [0.25, 0.3) is 10.4 Å². The number of benzene rings is 2. The van der Waals surface area contributed by atoms with Crippen molar-refractivity contribution in [1.82, 2.24) is 25.4 Å². The van der Waals surface area contributed by atoms with Crippen molar-refractivity contribution >= 4 is 35.0 Å². The maximum Gasteiger partial charge on any atom is 0.255 e. The molecule has 2 aliphatic rings. The summed E-state index contributed by atoms with van der Waals surface area (Å²) in [6.07, 6.45) is 1.27. The minimum atomic E-state index is -0.678. The van der Waals surface area contributed by atoms with Crippen LogP contribution >= 0.6 is 11.3 Å². The molecule has 5 rings (SSSR count). The molecule has 3 atom stereocenters. The highest BCUT2D eigenvalue weighted by molar-refractivity contribution is 7.13. The van der Waals surface area contributed by atoms with Gasteiger partial charge >= 0.3 is 0 Å². The van der Waals surface area contributed by atoms with E-state index in [1.54, 1.807) is 34.3 Å². The third-order valence-electron chi connectivity index (χ3n) is 8.21. The summed E-state index contributed by atoms with van der Waals surface area (Å²) in [5, 5.41) is 5.72. The Morgan fingerprint density at radius 3 is 2.48 bits per heavy atom. The molecule has 0 saturated carbocycles. The predicted octanol–water partition coefficient (Wildman–Crippen LogP) is 4.08. The van der Waals surface area contributed by atoms with Crippen LogP contribution in [0.15, 0.2) is 54.0 Å². The zero-order chi connectivity index (χ0) is 30.0. The van der Waals surface area contributed by atoms with Gasteiger partial charge in [0.15, 0.2) is 0 Å². The van der Waals surface area contributed by atoms with Crippen molar-refractivity contribution in [1.29, 1.82) is 0 Å². The van der Waals surface area contributed by atoms with E-state index in [0.717, 1.165) is 27.3 Å². The van der Waals surface area contributed by atoms with E-state index in [2.05, 4.69) is 15.6 Å². The predicted molar refractivity (Wildman–Crippen MR) is 162 cm³/mol. The fourth-order valence-corrected chi connectivity index (χ4v) is 6.82. The Morgan fingerprint density at radius 2 is 1.83 bits per heavy atom. The van der Waals surface area contributed by atoms with Crippen LogP contribution in [0, 0.1) is 12.8 Å². The number of aromatic nitrogens is 1. The molecule has 9 nitrogen and oxygen atoms in total. The van der Waals surface area contributed by atoms with E-state index in [0.29, 0.717) is 31.5 Å². The second-order valence-corrected chi connectivity index (χ2v) is 12.2. The van der Waals surface area contributed by atoms with Crippen molar-refractivity contribution in [3.05, 3.63) is 76.4 Å². The van der Waals surface area contributed by atoms with Gasteiger partial charge in [-0.3, -0.25) is 19.2 Å². The molecule has 0 radical (unpaired) electrons. The molecule has 220 valence electrons. The third-order valence-corrected chi connectivity index (χ3v) is 9.19. The van der Waals surface area contributed by atoms with Crippen LogP contribution in [0.2, 0.25) is 0 Å². The average Bonchev–Trinajstić information content (AvgIpc) is 3.72. The number of carbonyl (C=O) groups is 4. The molecular formula is C32H37N5O4S. The summed E-state index contributed by atoms with van der Waals surface area (Å²) in [5.74, 6) is -0.997. The molecule has 0 aliphatic carbocycles. The molecule has 4 amide bonds. The highest BCUT2D eigenvalue weighted by Crippen LogP contribution is 2.31. The van der Waals surface area contributed by atoms with Gasteiger partial charge in [0.05, 0.1) is 28.5 Å². The monoisotopic (exact) mass is 587 g/mol. The van der Waals surface area contributed by atoms with E-state index in [-0.39, 0.29) is 36.0 Å². The number of nitrogens with zero attached hydrogens (tertiary/aromatic N) is 3. The molecule has 1 aromatic heterocycles. The van der Waals surface area contributed by atoms with E-state index < -0.39 is 18.1 Å². The number of likely N-dealkylation sites (tertiary alicyclic amines) is 1. The fourth-order valence-electron chi connectivity index (χ4n) is 6.01. The molecule has 0 bridgehead atoms. The summed E-state index contributed by atoms with van der Waals surface area (Å²) in [4.78, 5) is 62.1. The smallest absolute Gasteiger partial charge is 0.255 e. The molecule has 0 spiro atoms. The van der Waals surface area contributed by atoms with Crippen molar-refractivity contribution in [2.75, 3.05) is 13.6 Å². The number of hydrogen-bond acceptors (Lipinski definition) is 6. The molecule has 1 unspecified atom stereocenters. The number of hydrogen-bond donors (Lipinski definition) is 2. The Hall–Kier alpha value is -4.05. The molecule has 42 heavy (non-hydrogen) atoms. The topological polar surface area (TPSA) is 112 Å². The molecule has 2 aromatic carbocycles. The largest absolute Gasteiger partial charge is 0.359 e. The Bertz CT molecular complexity index is 1480. The summed E-state index contributed by atoms with van der Waals surface area (Å²) < 4.78 is 0. The number of amides is 4.